The predicted molar refractivity (Wildman–Crippen MR) is 229 cm³/mol. The first-order valence-corrected chi connectivity index (χ1v) is 18.8. The van der Waals surface area contributed by atoms with Crippen LogP contribution in [0.25, 0.3) is 106 Å². The Morgan fingerprint density at radius 3 is 1.43 bits per heavy atom. The minimum atomic E-state index is 0.588. The SMILES string of the molecule is c1ccc(-c2cc(-c3ccccc3)cc(-n3c4ccccc4c4ccc5oc6cc(-c7nc(-c8ccccc8)nc(-c8ccccc8)n7)ccc6c5c43)c2)cc1. The van der Waals surface area contributed by atoms with E-state index in [-0.39, 0.29) is 0 Å². The van der Waals surface area contributed by atoms with Crippen LogP contribution in [0.5, 0.6) is 0 Å². The van der Waals surface area contributed by atoms with Gasteiger partial charge in [0.15, 0.2) is 17.5 Å². The van der Waals surface area contributed by atoms with Crippen LogP contribution in [-0.4, -0.2) is 19.5 Å². The maximum absolute atomic E-state index is 6.74. The van der Waals surface area contributed by atoms with Gasteiger partial charge in [0.25, 0.3) is 0 Å². The van der Waals surface area contributed by atoms with Gasteiger partial charge in [0, 0.05) is 38.5 Å². The molecule has 0 saturated heterocycles. The maximum Gasteiger partial charge on any atom is 0.164 e. The predicted octanol–water partition coefficient (Wildman–Crippen LogP) is 13.2. The molecule has 0 aliphatic heterocycles. The van der Waals surface area contributed by atoms with Crippen molar-refractivity contribution in [2.75, 3.05) is 0 Å². The van der Waals surface area contributed by atoms with Crippen LogP contribution in [0, 0.1) is 0 Å². The molecule has 0 fully saturated rings. The van der Waals surface area contributed by atoms with Gasteiger partial charge in [-0.3, -0.25) is 0 Å². The van der Waals surface area contributed by atoms with Gasteiger partial charge in [0.2, 0.25) is 0 Å². The normalized spacial score (nSPS) is 11.6. The zero-order valence-corrected chi connectivity index (χ0v) is 30.2. The fourth-order valence-corrected chi connectivity index (χ4v) is 8.00. The van der Waals surface area contributed by atoms with Crippen LogP contribution in [0.15, 0.2) is 199 Å². The zero-order chi connectivity index (χ0) is 37.0. The van der Waals surface area contributed by atoms with Crippen molar-refractivity contribution in [1.82, 2.24) is 19.5 Å². The molecule has 5 nitrogen and oxygen atoms in total. The Morgan fingerprint density at radius 2 is 0.839 bits per heavy atom. The van der Waals surface area contributed by atoms with Crippen molar-refractivity contribution in [3.63, 3.8) is 0 Å². The summed E-state index contributed by atoms with van der Waals surface area (Å²) in [6.07, 6.45) is 0. The topological polar surface area (TPSA) is 56.7 Å². The quantitative estimate of drug-likeness (QED) is 0.172. The zero-order valence-electron chi connectivity index (χ0n) is 30.2. The highest BCUT2D eigenvalue weighted by atomic mass is 16.3. The van der Waals surface area contributed by atoms with Crippen LogP contribution in [-0.2, 0) is 0 Å². The molecule has 0 atom stereocenters. The second-order valence-corrected chi connectivity index (χ2v) is 14.0. The second kappa shape index (κ2) is 13.0. The van der Waals surface area contributed by atoms with Gasteiger partial charge >= 0.3 is 0 Å². The molecular weight excluding hydrogens is 685 g/mol. The van der Waals surface area contributed by atoms with E-state index in [1.807, 2.05) is 60.7 Å². The number of para-hydroxylation sites is 1. The van der Waals surface area contributed by atoms with Gasteiger partial charge in [-0.1, -0.05) is 146 Å². The summed E-state index contributed by atoms with van der Waals surface area (Å²) in [4.78, 5) is 14.9. The molecule has 0 aliphatic rings. The van der Waals surface area contributed by atoms with E-state index in [4.69, 9.17) is 19.4 Å². The van der Waals surface area contributed by atoms with Crippen molar-refractivity contribution in [2.24, 2.45) is 0 Å². The van der Waals surface area contributed by atoms with Crippen LogP contribution in [0.3, 0.4) is 0 Å². The van der Waals surface area contributed by atoms with E-state index in [0.29, 0.717) is 17.5 Å². The smallest absolute Gasteiger partial charge is 0.164 e. The highest BCUT2D eigenvalue weighted by Crippen LogP contribution is 2.43. The fourth-order valence-electron chi connectivity index (χ4n) is 8.00. The fraction of sp³-hybridized carbons (Fsp3) is 0. The van der Waals surface area contributed by atoms with E-state index in [1.165, 1.54) is 21.9 Å². The molecule has 3 aromatic heterocycles. The number of hydrogen-bond acceptors (Lipinski definition) is 4. The summed E-state index contributed by atoms with van der Waals surface area (Å²) >= 11 is 0. The molecule has 0 aliphatic carbocycles. The Bertz CT molecular complexity index is 3110. The lowest BCUT2D eigenvalue weighted by Crippen LogP contribution is -2.00. The van der Waals surface area contributed by atoms with Gasteiger partial charge in [0.1, 0.15) is 11.2 Å². The first-order chi connectivity index (χ1) is 27.7. The number of hydrogen-bond donors (Lipinski definition) is 0. The van der Waals surface area contributed by atoms with Crippen LogP contribution >= 0.6 is 0 Å². The van der Waals surface area contributed by atoms with Crippen LogP contribution in [0.4, 0.5) is 0 Å². The number of fused-ring (bicyclic) bond motifs is 7. The Balaban J connectivity index is 1.15. The van der Waals surface area contributed by atoms with Crippen LogP contribution in [0.2, 0.25) is 0 Å². The number of benzene rings is 8. The van der Waals surface area contributed by atoms with E-state index in [9.17, 15) is 0 Å². The van der Waals surface area contributed by atoms with E-state index in [2.05, 4.69) is 138 Å². The van der Waals surface area contributed by atoms with E-state index >= 15 is 0 Å². The number of rotatable bonds is 6. The molecule has 3 heterocycles. The Kier molecular flexibility index (Phi) is 7.42. The monoisotopic (exact) mass is 716 g/mol. The third kappa shape index (κ3) is 5.37. The molecule has 0 amide bonds. The highest BCUT2D eigenvalue weighted by molar-refractivity contribution is 6.24. The molecular formula is C51H32N4O. The molecule has 56 heavy (non-hydrogen) atoms. The molecule has 11 aromatic rings. The largest absolute Gasteiger partial charge is 0.456 e. The number of furan rings is 1. The van der Waals surface area contributed by atoms with Crippen molar-refractivity contribution in [3.8, 4) is 62.1 Å². The third-order valence-electron chi connectivity index (χ3n) is 10.6. The van der Waals surface area contributed by atoms with Crippen molar-refractivity contribution in [1.29, 1.82) is 0 Å². The summed E-state index contributed by atoms with van der Waals surface area (Å²) in [6.45, 7) is 0. The lowest BCUT2D eigenvalue weighted by atomic mass is 9.98. The first-order valence-electron chi connectivity index (χ1n) is 18.8. The van der Waals surface area contributed by atoms with Crippen LogP contribution in [0.1, 0.15) is 0 Å². The third-order valence-corrected chi connectivity index (χ3v) is 10.6. The summed E-state index contributed by atoms with van der Waals surface area (Å²) in [5.41, 5.74) is 12.3. The van der Waals surface area contributed by atoms with Gasteiger partial charge in [-0.15, -0.1) is 0 Å². The van der Waals surface area contributed by atoms with Crippen molar-refractivity contribution in [3.05, 3.63) is 194 Å². The van der Waals surface area contributed by atoms with E-state index in [1.54, 1.807) is 0 Å². The Morgan fingerprint density at radius 1 is 0.339 bits per heavy atom. The molecule has 262 valence electrons. The summed E-state index contributed by atoms with van der Waals surface area (Å²) < 4.78 is 9.16. The first kappa shape index (κ1) is 31.9. The van der Waals surface area contributed by atoms with Crippen LogP contribution < -0.4 is 0 Å². The molecule has 0 unspecified atom stereocenters. The summed E-state index contributed by atoms with van der Waals surface area (Å²) in [6, 6.07) is 67.6. The van der Waals surface area contributed by atoms with Gasteiger partial charge in [-0.05, 0) is 70.8 Å². The van der Waals surface area contributed by atoms with E-state index < -0.39 is 0 Å². The maximum atomic E-state index is 6.74. The molecule has 8 aromatic carbocycles. The summed E-state index contributed by atoms with van der Waals surface area (Å²) in [5, 5.41) is 4.45. The molecule has 0 N–H and O–H groups in total. The summed E-state index contributed by atoms with van der Waals surface area (Å²) in [7, 11) is 0. The average molecular weight is 717 g/mol. The van der Waals surface area contributed by atoms with Gasteiger partial charge in [-0.2, -0.15) is 0 Å². The standard InChI is InChI=1S/C51H32N4O/c1-5-15-33(16-6-1)38-29-39(34-17-7-2-8-18-34)31-40(30-38)55-44-24-14-13-23-41(44)42-27-28-45-47(48(42)55)43-26-25-37(32-46(43)56-45)51-53-49(35-19-9-3-10-20-35)52-50(54-51)36-21-11-4-12-22-36/h1-32H. The van der Waals surface area contributed by atoms with Gasteiger partial charge in [0.05, 0.1) is 16.4 Å². The minimum Gasteiger partial charge on any atom is -0.456 e. The average Bonchev–Trinajstić information content (AvgIpc) is 3.83. The molecule has 0 spiro atoms. The van der Waals surface area contributed by atoms with Gasteiger partial charge in [-0.25, -0.2) is 15.0 Å². The highest BCUT2D eigenvalue weighted by Gasteiger charge is 2.21. The Labute approximate surface area is 322 Å². The number of nitrogens with zero attached hydrogens (tertiary/aromatic N) is 4. The summed E-state index contributed by atoms with van der Waals surface area (Å²) in [5.74, 6) is 1.83. The lowest BCUT2D eigenvalue weighted by molar-refractivity contribution is 0.669. The lowest BCUT2D eigenvalue weighted by Gasteiger charge is -2.14. The molecule has 11 rings (SSSR count). The van der Waals surface area contributed by atoms with Crippen molar-refractivity contribution < 1.29 is 4.42 Å². The van der Waals surface area contributed by atoms with Crippen molar-refractivity contribution >= 4 is 43.7 Å². The molecule has 0 saturated carbocycles. The second-order valence-electron chi connectivity index (χ2n) is 14.0. The number of aromatic nitrogens is 4. The van der Waals surface area contributed by atoms with E-state index in [0.717, 1.165) is 66.5 Å². The Hall–Kier alpha value is -7.63. The molecule has 5 heteroatoms. The molecule has 0 radical (unpaired) electrons. The molecule has 0 bridgehead atoms. The van der Waals surface area contributed by atoms with Crippen molar-refractivity contribution in [2.45, 2.75) is 0 Å². The minimum absolute atomic E-state index is 0.588. The van der Waals surface area contributed by atoms with Gasteiger partial charge < -0.3 is 8.98 Å².